The number of rotatable bonds is 14. The van der Waals surface area contributed by atoms with Crippen molar-refractivity contribution >= 4 is 51.7 Å². The van der Waals surface area contributed by atoms with Gasteiger partial charge < -0.3 is 25.4 Å². The molecule has 1 aromatic heterocycles. The van der Waals surface area contributed by atoms with Crippen LogP contribution in [0.4, 0.5) is 5.69 Å². The van der Waals surface area contributed by atoms with Gasteiger partial charge in [-0.05, 0) is 64.6 Å². The molecule has 1 aliphatic heterocycles. The quantitative estimate of drug-likeness (QED) is 0.102. The Morgan fingerprint density at radius 3 is 2.41 bits per heavy atom. The third-order valence-electron chi connectivity index (χ3n) is 9.96. The van der Waals surface area contributed by atoms with Gasteiger partial charge in [0.05, 0.1) is 36.8 Å². The van der Waals surface area contributed by atoms with Gasteiger partial charge in [-0.3, -0.25) is 14.3 Å². The van der Waals surface area contributed by atoms with Gasteiger partial charge in [0.2, 0.25) is 5.91 Å². The number of amides is 1. The zero-order valence-electron chi connectivity index (χ0n) is 30.1. The largest absolute Gasteiger partial charge is 0.496 e. The molecular formula is C43H41Cl2N5O4. The molecule has 1 amide bonds. The highest BCUT2D eigenvalue weighted by molar-refractivity contribution is 6.36. The van der Waals surface area contributed by atoms with Crippen molar-refractivity contribution in [1.82, 2.24) is 20.4 Å². The van der Waals surface area contributed by atoms with E-state index in [2.05, 4.69) is 45.9 Å². The summed E-state index contributed by atoms with van der Waals surface area (Å²) in [7, 11) is 3.62. The van der Waals surface area contributed by atoms with E-state index in [1.54, 1.807) is 7.11 Å². The average Bonchev–Trinajstić information content (AvgIpc) is 3.78. The van der Waals surface area contributed by atoms with Gasteiger partial charge in [-0.2, -0.15) is 5.10 Å². The van der Waals surface area contributed by atoms with Gasteiger partial charge in [-0.25, -0.2) is 0 Å². The lowest BCUT2D eigenvalue weighted by Crippen LogP contribution is -2.35. The highest BCUT2D eigenvalue weighted by atomic mass is 35.5. The highest BCUT2D eigenvalue weighted by Crippen LogP contribution is 2.39. The van der Waals surface area contributed by atoms with Crippen LogP contribution in [0.3, 0.4) is 0 Å². The van der Waals surface area contributed by atoms with Crippen LogP contribution in [0.1, 0.15) is 35.1 Å². The number of aromatic nitrogens is 2. The molecule has 3 N–H and O–H groups in total. The molecule has 1 saturated heterocycles. The number of benzene rings is 5. The van der Waals surface area contributed by atoms with E-state index in [-0.39, 0.29) is 18.4 Å². The van der Waals surface area contributed by atoms with Gasteiger partial charge in [0.25, 0.3) is 0 Å². The Morgan fingerprint density at radius 2 is 1.69 bits per heavy atom. The summed E-state index contributed by atoms with van der Waals surface area (Å²) in [6.07, 6.45) is 3.35. The zero-order valence-corrected chi connectivity index (χ0v) is 31.6. The Balaban J connectivity index is 1.07. The van der Waals surface area contributed by atoms with Crippen molar-refractivity contribution in [2.24, 2.45) is 0 Å². The number of hydrogen-bond donors (Lipinski definition) is 3. The number of carboxylic acids is 1. The predicted octanol–water partition coefficient (Wildman–Crippen LogP) is 8.37. The normalized spacial score (nSPS) is 14.0. The maximum Gasteiger partial charge on any atom is 0.307 e. The Bertz CT molecular complexity index is 2310. The van der Waals surface area contributed by atoms with Gasteiger partial charge in [0.15, 0.2) is 0 Å². The van der Waals surface area contributed by atoms with Gasteiger partial charge in [0, 0.05) is 71.9 Å². The van der Waals surface area contributed by atoms with Crippen LogP contribution in [-0.4, -0.2) is 53.5 Å². The number of carboxylic acid groups (broad SMARTS) is 1. The van der Waals surface area contributed by atoms with Crippen molar-refractivity contribution < 1.29 is 19.4 Å². The molecule has 276 valence electrons. The molecule has 0 aliphatic carbocycles. The summed E-state index contributed by atoms with van der Waals surface area (Å²) in [4.78, 5) is 24.6. The van der Waals surface area contributed by atoms with Gasteiger partial charge in [-0.1, -0.05) is 89.9 Å². The molecule has 0 saturated carbocycles. The number of fused-ring (bicyclic) bond motifs is 1. The van der Waals surface area contributed by atoms with E-state index in [0.717, 1.165) is 80.6 Å². The van der Waals surface area contributed by atoms with Gasteiger partial charge >= 0.3 is 5.97 Å². The van der Waals surface area contributed by atoms with Gasteiger partial charge in [0.1, 0.15) is 5.75 Å². The lowest BCUT2D eigenvalue weighted by molar-refractivity contribution is -0.136. The van der Waals surface area contributed by atoms with Crippen LogP contribution in [0, 0.1) is 0 Å². The van der Waals surface area contributed by atoms with Crippen LogP contribution in [0.25, 0.3) is 33.2 Å². The first-order valence-corrected chi connectivity index (χ1v) is 18.6. The molecule has 11 heteroatoms. The van der Waals surface area contributed by atoms with Crippen molar-refractivity contribution in [1.29, 1.82) is 0 Å². The molecule has 1 fully saturated rings. The molecule has 0 bridgehead atoms. The summed E-state index contributed by atoms with van der Waals surface area (Å²) in [5.74, 6) is -0.00992. The van der Waals surface area contributed by atoms with Crippen LogP contribution < -0.4 is 20.3 Å². The molecule has 54 heavy (non-hydrogen) atoms. The van der Waals surface area contributed by atoms with E-state index in [9.17, 15) is 9.59 Å². The van der Waals surface area contributed by atoms with E-state index in [1.165, 1.54) is 0 Å². The number of halogens is 2. The van der Waals surface area contributed by atoms with E-state index < -0.39 is 5.97 Å². The summed E-state index contributed by atoms with van der Waals surface area (Å²) >= 11 is 14.1. The van der Waals surface area contributed by atoms with Crippen molar-refractivity contribution in [2.75, 3.05) is 25.6 Å². The minimum absolute atomic E-state index is 0.0114. The number of nitrogens with one attached hydrogen (secondary N) is 2. The lowest BCUT2D eigenvalue weighted by Gasteiger charge is -2.22. The number of methoxy groups -OCH3 is 1. The predicted molar refractivity (Wildman–Crippen MR) is 215 cm³/mol. The van der Waals surface area contributed by atoms with Crippen LogP contribution in [0.15, 0.2) is 103 Å². The highest BCUT2D eigenvalue weighted by Gasteiger charge is 2.20. The van der Waals surface area contributed by atoms with Crippen LogP contribution in [-0.2, 0) is 35.6 Å². The molecule has 6 aromatic rings. The Morgan fingerprint density at radius 1 is 0.963 bits per heavy atom. The summed E-state index contributed by atoms with van der Waals surface area (Å²) < 4.78 is 7.76. The van der Waals surface area contributed by atoms with Crippen molar-refractivity contribution in [3.05, 3.63) is 136 Å². The first-order chi connectivity index (χ1) is 26.2. The molecule has 0 spiro atoms. The number of anilines is 1. The lowest BCUT2D eigenvalue weighted by atomic mass is 9.96. The number of hydrogen-bond acceptors (Lipinski definition) is 6. The molecule has 5 aromatic carbocycles. The fourth-order valence-corrected chi connectivity index (χ4v) is 7.66. The molecule has 1 aliphatic rings. The summed E-state index contributed by atoms with van der Waals surface area (Å²) in [6.45, 7) is 2.46. The smallest absolute Gasteiger partial charge is 0.307 e. The van der Waals surface area contributed by atoms with Crippen LogP contribution in [0.2, 0.25) is 10.0 Å². The second-order valence-electron chi connectivity index (χ2n) is 13.7. The first kappa shape index (κ1) is 37.0. The number of nitrogens with zero attached hydrogens (tertiary/aromatic N) is 3. The topological polar surface area (TPSA) is 109 Å². The summed E-state index contributed by atoms with van der Waals surface area (Å²) in [6, 6.07) is 32.3. The molecule has 0 radical (unpaired) electrons. The fraction of sp³-hybridized carbons (Fsp3) is 0.233. The minimum atomic E-state index is -0.856. The van der Waals surface area contributed by atoms with E-state index in [0.29, 0.717) is 35.3 Å². The number of carbonyl (C=O) groups excluding carboxylic acids is 1. The van der Waals surface area contributed by atoms with Crippen molar-refractivity contribution in [2.45, 2.75) is 44.9 Å². The van der Waals surface area contributed by atoms with Crippen molar-refractivity contribution in [3.8, 4) is 28.0 Å². The molecule has 9 nitrogen and oxygen atoms in total. The number of aliphatic carboxylic acids is 1. The number of ether oxygens (including phenoxy) is 1. The Labute approximate surface area is 324 Å². The average molecular weight is 763 g/mol. The van der Waals surface area contributed by atoms with Crippen molar-refractivity contribution in [3.63, 3.8) is 0 Å². The zero-order chi connectivity index (χ0) is 37.8. The standard InChI is InChI=1S/C43H41Cl2N5O4/c1-49(33-16-11-27(12-17-33)19-42(52)53)25-31-20-38(44)30(21-40(31)54-2)26-50-39-8-4-6-35(37(39)24-47-50)36-7-3-5-34(43(36)45)29-13-9-28(10-14-29)22-46-23-32-15-18-41(51)48-32/h3-14,16-17,20-21,24,32,46H,15,18-19,22-23,25-26H2,1-2H3,(H,48,51)(H,52,53)/t32-/m0/s1. The second-order valence-corrected chi connectivity index (χ2v) is 14.5. The Hall–Kier alpha value is -5.35. The second kappa shape index (κ2) is 16.3. The third kappa shape index (κ3) is 8.24. The SMILES string of the molecule is COc1cc(Cn2ncc3c(-c4cccc(-c5ccc(CNC[C@@H]6CCC(=O)N6)cc5)c4Cl)cccc32)c(Cl)cc1CN(C)c1ccc(CC(=O)O)cc1. The summed E-state index contributed by atoms with van der Waals surface area (Å²) in [5, 5.41) is 22.6. The monoisotopic (exact) mass is 761 g/mol. The van der Waals surface area contributed by atoms with Crippen LogP contribution >= 0.6 is 23.2 Å². The Kier molecular flexibility index (Phi) is 11.2. The summed E-state index contributed by atoms with van der Waals surface area (Å²) in [5.41, 5.74) is 9.50. The van der Waals surface area contributed by atoms with Crippen LogP contribution in [0.5, 0.6) is 5.75 Å². The molecule has 0 unspecified atom stereocenters. The molecular weight excluding hydrogens is 721 g/mol. The van der Waals surface area contributed by atoms with Gasteiger partial charge in [-0.15, -0.1) is 0 Å². The molecule has 7 rings (SSSR count). The third-order valence-corrected chi connectivity index (χ3v) is 10.7. The minimum Gasteiger partial charge on any atom is -0.496 e. The molecule has 1 atom stereocenters. The fourth-order valence-electron chi connectivity index (χ4n) is 7.07. The first-order valence-electron chi connectivity index (χ1n) is 17.9. The van der Waals surface area contributed by atoms with E-state index in [4.69, 9.17) is 38.1 Å². The van der Waals surface area contributed by atoms with E-state index in [1.807, 2.05) is 84.7 Å². The maximum atomic E-state index is 11.5. The molecule has 2 heterocycles. The maximum absolute atomic E-state index is 11.5. The number of carbonyl (C=O) groups is 2. The van der Waals surface area contributed by atoms with E-state index >= 15 is 0 Å².